The number of Topliss-reactive ketones (excluding diaryl/α,β-unsaturated/α-hetero) is 1. The van der Waals surface area contributed by atoms with Crippen LogP contribution in [0.3, 0.4) is 0 Å². The van der Waals surface area contributed by atoms with Crippen LogP contribution in [0.1, 0.15) is 26.5 Å². The van der Waals surface area contributed by atoms with Crippen LogP contribution in [0.2, 0.25) is 10.0 Å². The first kappa shape index (κ1) is 22.6. The molecule has 0 unspecified atom stereocenters. The number of hydrogen-bond donors (Lipinski definition) is 0. The highest BCUT2D eigenvalue weighted by molar-refractivity contribution is 6.31. The van der Waals surface area contributed by atoms with E-state index in [9.17, 15) is 14.0 Å². The third-order valence-electron chi connectivity index (χ3n) is 4.79. The van der Waals surface area contributed by atoms with E-state index in [1.807, 2.05) is 6.92 Å². The van der Waals surface area contributed by atoms with Crippen molar-refractivity contribution < 1.29 is 18.7 Å². The summed E-state index contributed by atoms with van der Waals surface area (Å²) >= 11 is 12.0. The molecule has 0 saturated heterocycles. The number of rotatable bonds is 6. The Balaban J connectivity index is 1.65. The van der Waals surface area contributed by atoms with Crippen molar-refractivity contribution in [1.82, 2.24) is 14.8 Å². The molecule has 0 fully saturated rings. The molecule has 0 atom stereocenters. The van der Waals surface area contributed by atoms with E-state index < -0.39 is 24.2 Å². The minimum atomic E-state index is -0.876. The standard InChI is InChI=1S/C24H16Cl2FN3O3/c1-14-2-7-18(26)12-20(14)30-23(16-5-10-19(27)11-6-16)28-22(29-30)24(32)33-13-21(31)15-3-8-17(25)9-4-15/h2-12H,13H2,1H3. The molecule has 0 amide bonds. The molecule has 4 aromatic rings. The zero-order valence-corrected chi connectivity index (χ0v) is 18.8. The lowest BCUT2D eigenvalue weighted by Crippen LogP contribution is -2.15. The monoisotopic (exact) mass is 483 g/mol. The Morgan fingerprint density at radius 3 is 2.33 bits per heavy atom. The first-order valence-electron chi connectivity index (χ1n) is 9.77. The van der Waals surface area contributed by atoms with Gasteiger partial charge in [0.25, 0.3) is 5.82 Å². The summed E-state index contributed by atoms with van der Waals surface area (Å²) in [5.74, 6) is -1.65. The van der Waals surface area contributed by atoms with Crippen molar-refractivity contribution in [3.05, 3.63) is 99.5 Å². The van der Waals surface area contributed by atoms with E-state index in [-0.39, 0.29) is 11.6 Å². The molecule has 33 heavy (non-hydrogen) atoms. The van der Waals surface area contributed by atoms with Crippen molar-refractivity contribution in [3.8, 4) is 17.1 Å². The minimum absolute atomic E-state index is 0.252. The highest BCUT2D eigenvalue weighted by atomic mass is 35.5. The quantitative estimate of drug-likeness (QED) is 0.258. The summed E-state index contributed by atoms with van der Waals surface area (Å²) in [6.45, 7) is 1.36. The average Bonchev–Trinajstić information content (AvgIpc) is 3.25. The average molecular weight is 484 g/mol. The molecule has 0 spiro atoms. The topological polar surface area (TPSA) is 74.1 Å². The number of carbonyl (C=O) groups excluding carboxylic acids is 2. The highest BCUT2D eigenvalue weighted by Gasteiger charge is 2.22. The van der Waals surface area contributed by atoms with E-state index in [1.165, 1.54) is 28.9 Å². The number of halogens is 3. The number of aryl methyl sites for hydroxylation is 1. The van der Waals surface area contributed by atoms with E-state index in [0.717, 1.165) is 5.56 Å². The van der Waals surface area contributed by atoms with Gasteiger partial charge in [0.1, 0.15) is 5.82 Å². The summed E-state index contributed by atoms with van der Waals surface area (Å²) in [7, 11) is 0. The molecule has 3 aromatic carbocycles. The van der Waals surface area contributed by atoms with Gasteiger partial charge in [-0.3, -0.25) is 4.79 Å². The molecule has 0 radical (unpaired) electrons. The van der Waals surface area contributed by atoms with Crippen LogP contribution in [-0.4, -0.2) is 33.1 Å². The summed E-state index contributed by atoms with van der Waals surface area (Å²) in [5.41, 5.74) is 2.29. The van der Waals surface area contributed by atoms with Crippen molar-refractivity contribution in [3.63, 3.8) is 0 Å². The number of nitrogens with zero attached hydrogens (tertiary/aromatic N) is 3. The molecule has 0 N–H and O–H groups in total. The van der Waals surface area contributed by atoms with Gasteiger partial charge in [0, 0.05) is 21.2 Å². The van der Waals surface area contributed by atoms with Gasteiger partial charge in [-0.05, 0) is 73.2 Å². The summed E-state index contributed by atoms with van der Waals surface area (Å²) in [6.07, 6.45) is 0. The lowest BCUT2D eigenvalue weighted by Gasteiger charge is -2.09. The Labute approximate surface area is 198 Å². The van der Waals surface area contributed by atoms with E-state index in [2.05, 4.69) is 10.1 Å². The van der Waals surface area contributed by atoms with Crippen LogP contribution in [0, 0.1) is 12.7 Å². The second-order valence-electron chi connectivity index (χ2n) is 7.11. The molecule has 0 bridgehead atoms. The van der Waals surface area contributed by atoms with Crippen molar-refractivity contribution in [1.29, 1.82) is 0 Å². The van der Waals surface area contributed by atoms with Gasteiger partial charge in [-0.25, -0.2) is 18.9 Å². The molecule has 1 heterocycles. The molecular weight excluding hydrogens is 468 g/mol. The van der Waals surface area contributed by atoms with Gasteiger partial charge >= 0.3 is 5.97 Å². The SMILES string of the molecule is Cc1ccc(Cl)cc1-n1nc(C(=O)OCC(=O)c2ccc(Cl)cc2)nc1-c1ccc(F)cc1. The molecule has 1 aromatic heterocycles. The van der Waals surface area contributed by atoms with Crippen molar-refractivity contribution >= 4 is 35.0 Å². The van der Waals surface area contributed by atoms with Gasteiger partial charge in [-0.1, -0.05) is 29.3 Å². The number of ether oxygens (including phenoxy) is 1. The molecule has 0 aliphatic heterocycles. The molecule has 6 nitrogen and oxygen atoms in total. The van der Waals surface area contributed by atoms with Crippen LogP contribution < -0.4 is 0 Å². The highest BCUT2D eigenvalue weighted by Crippen LogP contribution is 2.26. The van der Waals surface area contributed by atoms with E-state index in [1.54, 1.807) is 42.5 Å². The van der Waals surface area contributed by atoms with Crippen LogP contribution in [0.4, 0.5) is 4.39 Å². The predicted octanol–water partition coefficient (Wildman–Crippen LogP) is 5.73. The van der Waals surface area contributed by atoms with Gasteiger partial charge < -0.3 is 4.74 Å². The van der Waals surface area contributed by atoms with E-state index >= 15 is 0 Å². The summed E-state index contributed by atoms with van der Waals surface area (Å²) in [6, 6.07) is 17.0. The smallest absolute Gasteiger partial charge is 0.378 e. The second-order valence-corrected chi connectivity index (χ2v) is 7.99. The predicted molar refractivity (Wildman–Crippen MR) is 123 cm³/mol. The largest absolute Gasteiger partial charge is 0.451 e. The normalized spacial score (nSPS) is 10.8. The molecule has 0 saturated carbocycles. The van der Waals surface area contributed by atoms with E-state index in [0.29, 0.717) is 26.9 Å². The number of esters is 1. The Morgan fingerprint density at radius 1 is 0.970 bits per heavy atom. The fraction of sp³-hybridized carbons (Fsp3) is 0.0833. The van der Waals surface area contributed by atoms with Crippen molar-refractivity contribution in [2.75, 3.05) is 6.61 Å². The fourth-order valence-electron chi connectivity index (χ4n) is 3.08. The van der Waals surface area contributed by atoms with Gasteiger partial charge in [0.05, 0.1) is 5.69 Å². The summed E-state index contributed by atoms with van der Waals surface area (Å²) in [5, 5.41) is 5.25. The lowest BCUT2D eigenvalue weighted by molar-refractivity contribution is 0.0462. The first-order valence-corrected chi connectivity index (χ1v) is 10.5. The molecule has 166 valence electrons. The van der Waals surface area contributed by atoms with Gasteiger partial charge in [-0.15, -0.1) is 5.10 Å². The number of ketones is 1. The minimum Gasteiger partial charge on any atom is -0.451 e. The number of hydrogen-bond acceptors (Lipinski definition) is 5. The van der Waals surface area contributed by atoms with E-state index in [4.69, 9.17) is 27.9 Å². The second kappa shape index (κ2) is 9.52. The molecule has 0 aliphatic rings. The maximum Gasteiger partial charge on any atom is 0.378 e. The Kier molecular flexibility index (Phi) is 6.53. The van der Waals surface area contributed by atoms with Crippen LogP contribution in [0.25, 0.3) is 17.1 Å². The van der Waals surface area contributed by atoms with Crippen LogP contribution in [0.5, 0.6) is 0 Å². The number of benzene rings is 3. The lowest BCUT2D eigenvalue weighted by atomic mass is 10.1. The Bertz CT molecular complexity index is 1340. The van der Waals surface area contributed by atoms with Crippen LogP contribution in [0.15, 0.2) is 66.7 Å². The zero-order valence-electron chi connectivity index (χ0n) is 17.3. The Morgan fingerprint density at radius 2 is 1.64 bits per heavy atom. The van der Waals surface area contributed by atoms with Gasteiger partial charge in [0.2, 0.25) is 0 Å². The molecule has 9 heteroatoms. The van der Waals surface area contributed by atoms with Crippen LogP contribution in [-0.2, 0) is 4.74 Å². The van der Waals surface area contributed by atoms with Gasteiger partial charge in [-0.2, -0.15) is 0 Å². The molecular formula is C24H16Cl2FN3O3. The summed E-state index contributed by atoms with van der Waals surface area (Å²) < 4.78 is 20.0. The van der Waals surface area contributed by atoms with Gasteiger partial charge in [0.15, 0.2) is 18.2 Å². The van der Waals surface area contributed by atoms with Crippen molar-refractivity contribution in [2.45, 2.75) is 6.92 Å². The number of carbonyl (C=O) groups is 2. The maximum atomic E-state index is 13.4. The van der Waals surface area contributed by atoms with Crippen molar-refractivity contribution in [2.24, 2.45) is 0 Å². The van der Waals surface area contributed by atoms with Crippen LogP contribution >= 0.6 is 23.2 Å². The number of aromatic nitrogens is 3. The third-order valence-corrected chi connectivity index (χ3v) is 5.28. The maximum absolute atomic E-state index is 13.4. The Hall–Kier alpha value is -3.55. The molecule has 4 rings (SSSR count). The first-order chi connectivity index (χ1) is 15.8. The fourth-order valence-corrected chi connectivity index (χ4v) is 3.37. The molecule has 0 aliphatic carbocycles. The third kappa shape index (κ3) is 5.10. The summed E-state index contributed by atoms with van der Waals surface area (Å²) in [4.78, 5) is 29.3. The zero-order chi connectivity index (χ0) is 23.5.